The Kier molecular flexibility index (Phi) is 5.82. The van der Waals surface area contributed by atoms with Crippen molar-refractivity contribution in [3.63, 3.8) is 0 Å². The Balaban J connectivity index is 1.94. The van der Waals surface area contributed by atoms with Crippen LogP contribution < -0.4 is 15.5 Å². The fourth-order valence-electron chi connectivity index (χ4n) is 2.26. The van der Waals surface area contributed by atoms with Crippen molar-refractivity contribution in [2.45, 2.75) is 25.9 Å². The quantitative estimate of drug-likeness (QED) is 0.763. The fourth-order valence-corrected chi connectivity index (χ4v) is 2.26. The van der Waals surface area contributed by atoms with Crippen LogP contribution in [0.1, 0.15) is 19.4 Å². The highest BCUT2D eigenvalue weighted by Crippen LogP contribution is 2.19. The highest BCUT2D eigenvalue weighted by molar-refractivity contribution is 5.89. The molecule has 2 aromatic carbocycles. The number of urea groups is 1. The van der Waals surface area contributed by atoms with Crippen molar-refractivity contribution in [3.8, 4) is 0 Å². The van der Waals surface area contributed by atoms with E-state index in [-0.39, 0.29) is 12.6 Å². The standard InChI is InChI=1S/C19H25N3O2/c1-19(2,14-23)21-18(24)20-16-9-11-17(12-10-16)22(3)13-15-7-5-4-6-8-15/h4-12,23H,13-14H2,1-3H3,(H2,20,21,24). The van der Waals surface area contributed by atoms with Crippen molar-refractivity contribution < 1.29 is 9.90 Å². The van der Waals surface area contributed by atoms with Gasteiger partial charge in [-0.05, 0) is 43.7 Å². The van der Waals surface area contributed by atoms with E-state index in [1.807, 2.05) is 49.5 Å². The Labute approximate surface area is 143 Å². The molecule has 0 spiro atoms. The second-order valence-corrected chi connectivity index (χ2v) is 6.51. The maximum absolute atomic E-state index is 11.9. The van der Waals surface area contributed by atoms with Crippen molar-refractivity contribution in [2.75, 3.05) is 23.9 Å². The molecule has 3 N–H and O–H groups in total. The summed E-state index contributed by atoms with van der Waals surface area (Å²) in [5.74, 6) is 0. The van der Waals surface area contributed by atoms with E-state index < -0.39 is 5.54 Å². The van der Waals surface area contributed by atoms with E-state index in [1.165, 1.54) is 5.56 Å². The van der Waals surface area contributed by atoms with Gasteiger partial charge in [-0.1, -0.05) is 30.3 Å². The van der Waals surface area contributed by atoms with Crippen molar-refractivity contribution in [1.82, 2.24) is 5.32 Å². The summed E-state index contributed by atoms with van der Waals surface area (Å²) in [6.45, 7) is 4.21. The van der Waals surface area contributed by atoms with E-state index in [2.05, 4.69) is 27.7 Å². The van der Waals surface area contributed by atoms with Gasteiger partial charge < -0.3 is 20.6 Å². The number of carbonyl (C=O) groups excluding carboxylic acids is 1. The smallest absolute Gasteiger partial charge is 0.319 e. The first-order chi connectivity index (χ1) is 11.4. The van der Waals surface area contributed by atoms with Gasteiger partial charge in [-0.25, -0.2) is 4.79 Å². The van der Waals surface area contributed by atoms with Gasteiger partial charge in [0.15, 0.2) is 0 Å². The minimum absolute atomic E-state index is 0.121. The lowest BCUT2D eigenvalue weighted by molar-refractivity contribution is 0.187. The molecule has 0 fully saturated rings. The van der Waals surface area contributed by atoms with Crippen LogP contribution in [-0.2, 0) is 6.54 Å². The summed E-state index contributed by atoms with van der Waals surface area (Å²) in [6, 6.07) is 17.6. The second kappa shape index (κ2) is 7.84. The second-order valence-electron chi connectivity index (χ2n) is 6.51. The third-order valence-corrected chi connectivity index (χ3v) is 3.68. The molecule has 24 heavy (non-hydrogen) atoms. The molecule has 2 amide bonds. The van der Waals surface area contributed by atoms with Gasteiger partial charge >= 0.3 is 6.03 Å². The summed E-state index contributed by atoms with van der Waals surface area (Å²) in [4.78, 5) is 14.1. The van der Waals surface area contributed by atoms with E-state index in [4.69, 9.17) is 0 Å². The number of nitrogens with one attached hydrogen (secondary N) is 2. The molecule has 0 aromatic heterocycles. The number of nitrogens with zero attached hydrogens (tertiary/aromatic N) is 1. The van der Waals surface area contributed by atoms with Crippen molar-refractivity contribution in [1.29, 1.82) is 0 Å². The van der Waals surface area contributed by atoms with Crippen molar-refractivity contribution in [3.05, 3.63) is 60.2 Å². The minimum Gasteiger partial charge on any atom is -0.394 e. The van der Waals surface area contributed by atoms with Gasteiger partial charge in [-0.2, -0.15) is 0 Å². The maximum Gasteiger partial charge on any atom is 0.319 e. The van der Waals surface area contributed by atoms with Gasteiger partial charge in [0.1, 0.15) is 0 Å². The third kappa shape index (κ3) is 5.28. The van der Waals surface area contributed by atoms with Crippen molar-refractivity contribution in [2.24, 2.45) is 0 Å². The van der Waals surface area contributed by atoms with Crippen LogP contribution in [0.3, 0.4) is 0 Å². The van der Waals surface area contributed by atoms with Crippen LogP contribution in [0.15, 0.2) is 54.6 Å². The molecule has 0 saturated heterocycles. The van der Waals surface area contributed by atoms with Crippen LogP contribution in [0.2, 0.25) is 0 Å². The van der Waals surface area contributed by atoms with E-state index in [0.717, 1.165) is 12.2 Å². The number of anilines is 2. The number of aliphatic hydroxyl groups excluding tert-OH is 1. The fraction of sp³-hybridized carbons (Fsp3) is 0.316. The molecule has 5 heteroatoms. The Morgan fingerprint density at radius 3 is 2.29 bits per heavy atom. The zero-order valence-corrected chi connectivity index (χ0v) is 14.4. The zero-order valence-electron chi connectivity index (χ0n) is 14.4. The topological polar surface area (TPSA) is 64.6 Å². The molecule has 0 aliphatic heterocycles. The Hall–Kier alpha value is -2.53. The maximum atomic E-state index is 11.9. The predicted molar refractivity (Wildman–Crippen MR) is 98.3 cm³/mol. The van der Waals surface area contributed by atoms with E-state index >= 15 is 0 Å². The lowest BCUT2D eigenvalue weighted by atomic mass is 10.1. The Bertz CT molecular complexity index is 654. The zero-order chi connectivity index (χ0) is 17.6. The molecule has 2 aromatic rings. The average Bonchev–Trinajstić information content (AvgIpc) is 2.56. The largest absolute Gasteiger partial charge is 0.394 e. The summed E-state index contributed by atoms with van der Waals surface area (Å²) in [7, 11) is 2.03. The molecule has 0 heterocycles. The Morgan fingerprint density at radius 1 is 1.08 bits per heavy atom. The van der Waals surface area contributed by atoms with Crippen LogP contribution >= 0.6 is 0 Å². The molecule has 0 saturated carbocycles. The van der Waals surface area contributed by atoms with Crippen LogP contribution in [0.25, 0.3) is 0 Å². The molecule has 0 radical (unpaired) electrons. The van der Waals surface area contributed by atoms with Crippen LogP contribution in [0.5, 0.6) is 0 Å². The molecule has 5 nitrogen and oxygen atoms in total. The number of aliphatic hydroxyl groups is 1. The van der Waals surface area contributed by atoms with Gasteiger partial charge in [0, 0.05) is 25.0 Å². The summed E-state index contributed by atoms with van der Waals surface area (Å²) in [6.07, 6.45) is 0. The predicted octanol–water partition coefficient (Wildman–Crippen LogP) is 3.22. The first kappa shape index (κ1) is 17.8. The molecule has 128 valence electrons. The minimum atomic E-state index is -0.653. The molecule has 0 aliphatic rings. The monoisotopic (exact) mass is 327 g/mol. The molecule has 0 atom stereocenters. The lowest BCUT2D eigenvalue weighted by Gasteiger charge is -2.24. The number of hydrogen-bond acceptors (Lipinski definition) is 3. The number of rotatable bonds is 6. The average molecular weight is 327 g/mol. The van der Waals surface area contributed by atoms with E-state index in [9.17, 15) is 9.90 Å². The first-order valence-corrected chi connectivity index (χ1v) is 7.95. The molecule has 0 unspecified atom stereocenters. The highest BCUT2D eigenvalue weighted by Gasteiger charge is 2.18. The summed E-state index contributed by atoms with van der Waals surface area (Å²) < 4.78 is 0. The number of hydrogen-bond donors (Lipinski definition) is 3. The lowest BCUT2D eigenvalue weighted by Crippen LogP contribution is -2.48. The van der Waals surface area contributed by atoms with Crippen LogP contribution in [0.4, 0.5) is 16.2 Å². The molecular formula is C19H25N3O2. The number of benzene rings is 2. The normalized spacial score (nSPS) is 11.0. The first-order valence-electron chi connectivity index (χ1n) is 7.95. The van der Waals surface area contributed by atoms with Gasteiger partial charge in [0.25, 0.3) is 0 Å². The SMILES string of the molecule is CN(Cc1ccccc1)c1ccc(NC(=O)NC(C)(C)CO)cc1. The molecular weight excluding hydrogens is 302 g/mol. The molecule has 0 bridgehead atoms. The number of carbonyl (C=O) groups is 1. The Morgan fingerprint density at radius 2 is 1.71 bits per heavy atom. The van der Waals surface area contributed by atoms with Gasteiger partial charge in [0.2, 0.25) is 0 Å². The van der Waals surface area contributed by atoms with Crippen molar-refractivity contribution >= 4 is 17.4 Å². The van der Waals surface area contributed by atoms with E-state index in [0.29, 0.717) is 5.69 Å². The third-order valence-electron chi connectivity index (χ3n) is 3.68. The van der Waals surface area contributed by atoms with Crippen LogP contribution in [0, 0.1) is 0 Å². The summed E-state index contributed by atoms with van der Waals surface area (Å²) in [5.41, 5.74) is 2.37. The van der Waals surface area contributed by atoms with Crippen LogP contribution in [-0.4, -0.2) is 30.3 Å². The van der Waals surface area contributed by atoms with Gasteiger partial charge in [-0.15, -0.1) is 0 Å². The molecule has 0 aliphatic carbocycles. The van der Waals surface area contributed by atoms with E-state index in [1.54, 1.807) is 13.8 Å². The van der Waals surface area contributed by atoms with Gasteiger partial charge in [0.05, 0.1) is 12.1 Å². The van der Waals surface area contributed by atoms with Gasteiger partial charge in [-0.3, -0.25) is 0 Å². The number of amides is 2. The summed E-state index contributed by atoms with van der Waals surface area (Å²) in [5, 5.41) is 14.7. The molecule has 2 rings (SSSR count). The summed E-state index contributed by atoms with van der Waals surface area (Å²) >= 11 is 0. The highest BCUT2D eigenvalue weighted by atomic mass is 16.3.